The number of Topliss-reactive ketones (excluding diaryl/α,β-unsaturated/α-hetero) is 4. The van der Waals surface area contributed by atoms with Crippen molar-refractivity contribution in [3.63, 3.8) is 0 Å². The van der Waals surface area contributed by atoms with Gasteiger partial charge in [0.1, 0.15) is 54.5 Å². The summed E-state index contributed by atoms with van der Waals surface area (Å²) in [7, 11) is -5.43. The Morgan fingerprint density at radius 2 is 0.895 bits per heavy atom. The number of rotatable bonds is 10. The third-order valence-electron chi connectivity index (χ3n) is 33.6. The zero-order valence-electron chi connectivity index (χ0n) is 67.1. The fourth-order valence-electron chi connectivity index (χ4n) is 28.0. The minimum absolute atomic E-state index is 0. The van der Waals surface area contributed by atoms with Crippen molar-refractivity contribution in [3.8, 4) is 0 Å². The summed E-state index contributed by atoms with van der Waals surface area (Å²) in [5.41, 5.74) is -16.3. The van der Waals surface area contributed by atoms with Gasteiger partial charge in [0, 0.05) is 62.1 Å². The fraction of sp³-hybridized carbons (Fsp3) is 0.718. The van der Waals surface area contributed by atoms with Gasteiger partial charge in [-0.25, -0.2) is 13.2 Å². The number of aliphatic hydroxyl groups excluding tert-OH is 7. The molecule has 114 heavy (non-hydrogen) atoms. The molecule has 0 aromatic heterocycles. The maximum absolute atomic E-state index is 17.0. The van der Waals surface area contributed by atoms with Crippen molar-refractivity contribution < 1.29 is 186 Å². The average Bonchev–Trinajstić information content (AvgIpc) is 1.40. The second-order valence-electron chi connectivity index (χ2n) is 37.8. The first kappa shape index (κ1) is 91.5. The van der Waals surface area contributed by atoms with Crippen LogP contribution in [0.3, 0.4) is 0 Å². The molecule has 0 aromatic rings. The van der Waals surface area contributed by atoms with Gasteiger partial charge in [0.05, 0.1) is 32.2 Å². The zero-order chi connectivity index (χ0) is 82.4. The van der Waals surface area contributed by atoms with Gasteiger partial charge in [-0.1, -0.05) is 95.1 Å². The van der Waals surface area contributed by atoms with E-state index in [-0.39, 0.29) is 143 Å². The van der Waals surface area contributed by atoms with Crippen LogP contribution in [0, 0.1) is 115 Å². The standard InChI is InChI=1S/C22H30FO8P.C22H29FO5.C21H27FO5.C20H26O5.2Na/c1-12-8-16-15-5-4-13-9-14(24)6-7-19(13,2)21(15,23)17(25)10-20(16,3)22(12,27)18(26)11-31-32(28,29)30;1-12-8-16-15-5-4-13-9-14(25)6-7-19(13,2)21(15,23)17(26)10-20(16,3)22(12,28)18(27)11-24;1-11-7-16-15-5-3-12-8-13(24)4-6-14(12)20(15,22)17(25)9-19(16,2)21(11,27)18(26)10-23;1-19-9-16(23)18-13-5-3-12(22)8-11(13)2-4-14(18)15(19)6-7-20(19,25)17(24)10-21;;/h6-7,9,12,15-17,25,27H,4-5,8,10-11H2,1-3H3,(H2,28,29,30);6-7,9,12,15-17,24,26,28H,4-5,8,10-11H2,1-3H3;4,6,8,11,14-17,23,25,27H,3,5,7,9-10H2,1-2H3;3,5,8,13-16,18,21,23,25H,2,4,6-7,9-10H2,1H3;;/q;;;;2*+1/p-2/t2*12-,15+,16+,17+,19+,20+,21+,22+;11-,14?,15-,16-,17-,19-,20-,21-;13?,14-,15-,16-,18+,19-,20-;;/m1100../s1. The summed E-state index contributed by atoms with van der Waals surface area (Å²) < 4.78 is 65.3. The summed E-state index contributed by atoms with van der Waals surface area (Å²) in [6.45, 7) is 12.3. The van der Waals surface area contributed by atoms with E-state index in [1.807, 2.05) is 13.0 Å². The Labute approximate surface area is 706 Å². The Balaban J connectivity index is 0.000000149. The van der Waals surface area contributed by atoms with Crippen molar-refractivity contribution in [1.82, 2.24) is 0 Å². The largest absolute Gasteiger partial charge is 1.00 e. The van der Waals surface area contributed by atoms with Crippen LogP contribution in [0.25, 0.3) is 0 Å². The number of phosphoric ester groups is 1. The van der Waals surface area contributed by atoms with Crippen LogP contribution in [0.4, 0.5) is 13.2 Å². The van der Waals surface area contributed by atoms with E-state index < -0.39 is 201 Å². The third-order valence-corrected chi connectivity index (χ3v) is 34.1. The number of ketones is 8. The van der Waals surface area contributed by atoms with Crippen LogP contribution in [-0.4, -0.2) is 193 Å². The third kappa shape index (κ3) is 12.7. The number of allylic oxidation sites excluding steroid dienone is 16. The molecule has 0 bridgehead atoms. The predicted molar refractivity (Wildman–Crippen MR) is 392 cm³/mol. The molecule has 0 saturated heterocycles. The van der Waals surface area contributed by atoms with Gasteiger partial charge >= 0.3 is 59.1 Å². The molecule has 16 aliphatic carbocycles. The van der Waals surface area contributed by atoms with E-state index in [1.165, 1.54) is 42.5 Å². The Morgan fingerprint density at radius 1 is 0.491 bits per heavy atom. The Kier molecular flexibility index (Phi) is 24.8. The molecule has 29 heteroatoms. The number of carbonyl (C=O) groups excluding carboxylic acids is 8. The van der Waals surface area contributed by atoms with E-state index in [0.717, 1.165) is 30.4 Å². The molecule has 0 amide bonds. The van der Waals surface area contributed by atoms with Gasteiger partial charge in [0.25, 0.3) is 0 Å². The second kappa shape index (κ2) is 31.0. The van der Waals surface area contributed by atoms with E-state index in [0.29, 0.717) is 75.4 Å². The van der Waals surface area contributed by atoms with E-state index >= 15 is 13.2 Å². The smallest absolute Gasteiger partial charge is 0.790 e. The van der Waals surface area contributed by atoms with Crippen LogP contribution in [0.2, 0.25) is 0 Å². The number of hydrogen-bond acceptors (Lipinski definition) is 23. The van der Waals surface area contributed by atoms with Gasteiger partial charge < -0.3 is 75.0 Å². The number of fused-ring (bicyclic) bond motifs is 20. The summed E-state index contributed by atoms with van der Waals surface area (Å²) >= 11 is 0. The van der Waals surface area contributed by atoms with Crippen LogP contribution in [0.1, 0.15) is 171 Å². The molecule has 12 fully saturated rings. The van der Waals surface area contributed by atoms with Crippen molar-refractivity contribution in [1.29, 1.82) is 0 Å². The number of phosphoric acid groups is 1. The van der Waals surface area contributed by atoms with Crippen LogP contribution < -0.4 is 68.9 Å². The molecular weight excluding hydrogens is 1520 g/mol. The summed E-state index contributed by atoms with van der Waals surface area (Å²) in [6.07, 6.45) is 20.2. The van der Waals surface area contributed by atoms with Gasteiger partial charge in [0.15, 0.2) is 57.6 Å². The first-order chi connectivity index (χ1) is 52.0. The average molecular weight is 1630 g/mol. The summed E-state index contributed by atoms with van der Waals surface area (Å²) in [4.78, 5) is 119. The van der Waals surface area contributed by atoms with Gasteiger partial charge in [-0.05, 0) is 225 Å². The molecule has 11 N–H and O–H groups in total. The molecule has 23 nitrogen and oxygen atoms in total. The topological polar surface area (TPSA) is 432 Å². The maximum Gasteiger partial charge on any atom is 1.00 e. The zero-order valence-corrected chi connectivity index (χ0v) is 72.0. The number of carbonyl (C=O) groups is 8. The molecule has 12 saturated carbocycles. The minimum atomic E-state index is -5.43. The molecule has 16 aliphatic rings. The predicted octanol–water partition coefficient (Wildman–Crippen LogP) is -0.674. The van der Waals surface area contributed by atoms with Crippen LogP contribution in [-0.2, 0) is 47.4 Å². The molecule has 0 radical (unpaired) electrons. The SMILES string of the molecule is C[C@@H]1C[C@H]2[C@@H]3CCC4=CC(=O)C=C[C@]4(C)[C@@]3(F)[C@@H](O)C[C@]2(C)[C@@]1(O)C(=O)CO.C[C@@H]1C[C@H]2[C@@H]3CCC4=CC(=O)C=C[C@]4(C)[C@@]3(F)[C@@H](O)C[C@]2(C)[C@@]1(O)C(=O)COP(=O)([O-])[O-].C[C@H]1C[C@H]2[C@@H]3CCC4=CC(=O)C=CC4[C@@]3(F)[C@@H](O)C[C@]2(C)[C@@]1(O)C(=O)CO.C[C@]12C[C@H](O)[C@@H]3C4C=CC(=O)C=C4CC[C@H]3[C@@H]1CC[C@]2(O)C(=O)CO.[Na+].[Na+]. The molecule has 0 heterocycles. The number of hydrogen-bond donors (Lipinski definition) is 11. The minimum Gasteiger partial charge on any atom is -0.790 e. The number of aliphatic hydroxyl groups is 11. The molecule has 616 valence electrons. The van der Waals surface area contributed by atoms with Crippen molar-refractivity contribution in [2.45, 2.75) is 235 Å². The molecule has 0 spiro atoms. The van der Waals surface area contributed by atoms with E-state index in [1.54, 1.807) is 79.7 Å². The summed E-state index contributed by atoms with van der Waals surface area (Å²) in [5.74, 6) is -7.89. The van der Waals surface area contributed by atoms with Crippen molar-refractivity contribution in [3.05, 3.63) is 95.2 Å². The van der Waals surface area contributed by atoms with Crippen LogP contribution >= 0.6 is 7.82 Å². The molecular formula is C85H110F3Na2O23P. The van der Waals surface area contributed by atoms with E-state index in [4.69, 9.17) is 0 Å². The maximum atomic E-state index is 17.0. The Hall–Kier alpha value is -3.26. The molecule has 0 aromatic carbocycles. The van der Waals surface area contributed by atoms with Crippen LogP contribution in [0.5, 0.6) is 0 Å². The van der Waals surface area contributed by atoms with Crippen molar-refractivity contribution in [2.75, 3.05) is 26.4 Å². The van der Waals surface area contributed by atoms with Gasteiger partial charge in [0.2, 0.25) is 0 Å². The first-order valence-electron chi connectivity index (χ1n) is 40.0. The second-order valence-corrected chi connectivity index (χ2v) is 38.9. The van der Waals surface area contributed by atoms with Gasteiger partial charge in [-0.2, -0.15) is 0 Å². The summed E-state index contributed by atoms with van der Waals surface area (Å²) in [6, 6.07) is 0. The van der Waals surface area contributed by atoms with Crippen molar-refractivity contribution in [2.24, 2.45) is 115 Å². The molecule has 16 rings (SSSR count). The molecule has 31 atom stereocenters. The van der Waals surface area contributed by atoms with E-state index in [2.05, 4.69) is 4.52 Å². The van der Waals surface area contributed by atoms with Gasteiger partial charge in [-0.3, -0.25) is 38.4 Å². The van der Waals surface area contributed by atoms with Crippen LogP contribution in [0.15, 0.2) is 95.2 Å². The molecule has 2 unspecified atom stereocenters. The fourth-order valence-corrected chi connectivity index (χ4v) is 28.3. The Morgan fingerprint density at radius 3 is 1.35 bits per heavy atom. The summed E-state index contributed by atoms with van der Waals surface area (Å²) in [5, 5.41) is 118. The quantitative estimate of drug-likeness (QED) is 0.0954. The molecule has 0 aliphatic heterocycles. The first-order valence-corrected chi connectivity index (χ1v) is 41.5. The van der Waals surface area contributed by atoms with Crippen molar-refractivity contribution >= 4 is 54.1 Å². The number of alkyl halides is 3. The normalized spacial score (nSPS) is 49.1. The number of halogens is 3. The Bertz CT molecular complexity index is 4290. The van der Waals surface area contributed by atoms with E-state index in [9.17, 15) is 109 Å². The monoisotopic (exact) mass is 1630 g/mol. The van der Waals surface area contributed by atoms with Gasteiger partial charge in [-0.15, -0.1) is 0 Å².